The SMILES string of the molecule is COc1c(C(=O)NCC(C)=O)ccc2[nH]nc(C=Cc3ccc(F)cc3)c12. The summed E-state index contributed by atoms with van der Waals surface area (Å²) in [6.07, 6.45) is 3.54. The number of benzene rings is 2. The molecule has 0 unspecified atom stereocenters. The summed E-state index contributed by atoms with van der Waals surface area (Å²) in [6, 6.07) is 9.39. The Kier molecular flexibility index (Phi) is 5.30. The minimum Gasteiger partial charge on any atom is -0.495 e. The van der Waals surface area contributed by atoms with E-state index >= 15 is 0 Å². The summed E-state index contributed by atoms with van der Waals surface area (Å²) in [5.74, 6) is -0.491. The molecule has 0 atom stereocenters. The average Bonchev–Trinajstić information content (AvgIpc) is 3.08. The molecule has 1 amide bonds. The number of amides is 1. The second kappa shape index (κ2) is 7.82. The molecule has 0 aliphatic rings. The van der Waals surface area contributed by atoms with Crippen molar-refractivity contribution in [2.24, 2.45) is 0 Å². The molecule has 0 fully saturated rings. The lowest BCUT2D eigenvalue weighted by Gasteiger charge is -2.10. The molecule has 1 heterocycles. The first-order chi connectivity index (χ1) is 13.0. The van der Waals surface area contributed by atoms with Crippen molar-refractivity contribution in [1.82, 2.24) is 15.5 Å². The molecule has 0 bridgehead atoms. The number of carbonyl (C=O) groups excluding carboxylic acids is 2. The maximum atomic E-state index is 13.0. The zero-order chi connectivity index (χ0) is 19.4. The summed E-state index contributed by atoms with van der Waals surface area (Å²) in [5.41, 5.74) is 2.40. The zero-order valence-corrected chi connectivity index (χ0v) is 14.9. The Hall–Kier alpha value is -3.48. The fraction of sp³-hybridized carbons (Fsp3) is 0.150. The van der Waals surface area contributed by atoms with Crippen LogP contribution in [0.2, 0.25) is 0 Å². The van der Waals surface area contributed by atoms with Gasteiger partial charge < -0.3 is 10.1 Å². The number of hydrogen-bond donors (Lipinski definition) is 2. The van der Waals surface area contributed by atoms with E-state index in [9.17, 15) is 14.0 Å². The van der Waals surface area contributed by atoms with Crippen LogP contribution in [0.5, 0.6) is 5.75 Å². The lowest BCUT2D eigenvalue weighted by atomic mass is 10.1. The third kappa shape index (κ3) is 4.03. The van der Waals surface area contributed by atoms with Crippen LogP contribution in [0.25, 0.3) is 23.1 Å². The Balaban J connectivity index is 1.99. The summed E-state index contributed by atoms with van der Waals surface area (Å²) in [7, 11) is 1.47. The first-order valence-corrected chi connectivity index (χ1v) is 8.26. The van der Waals surface area contributed by atoms with E-state index in [2.05, 4.69) is 15.5 Å². The summed E-state index contributed by atoms with van der Waals surface area (Å²) >= 11 is 0. The molecule has 7 heteroatoms. The fourth-order valence-electron chi connectivity index (χ4n) is 2.67. The number of H-pyrrole nitrogens is 1. The minimum absolute atomic E-state index is 0.0528. The third-order valence-electron chi connectivity index (χ3n) is 3.96. The Labute approximate surface area is 155 Å². The molecule has 2 N–H and O–H groups in total. The number of aromatic nitrogens is 2. The van der Waals surface area contributed by atoms with E-state index in [1.54, 1.807) is 36.4 Å². The topological polar surface area (TPSA) is 84.1 Å². The van der Waals surface area contributed by atoms with Crippen molar-refractivity contribution in [3.05, 3.63) is 59.0 Å². The van der Waals surface area contributed by atoms with Gasteiger partial charge in [0.15, 0.2) is 0 Å². The summed E-state index contributed by atoms with van der Waals surface area (Å²) in [6.45, 7) is 1.35. The summed E-state index contributed by atoms with van der Waals surface area (Å²) < 4.78 is 18.5. The predicted octanol–water partition coefficient (Wildman–Crippen LogP) is 3.20. The zero-order valence-electron chi connectivity index (χ0n) is 14.9. The van der Waals surface area contributed by atoms with Crippen molar-refractivity contribution in [3.8, 4) is 5.75 Å². The third-order valence-corrected chi connectivity index (χ3v) is 3.96. The molecule has 0 saturated heterocycles. The maximum Gasteiger partial charge on any atom is 0.255 e. The van der Waals surface area contributed by atoms with Crippen LogP contribution in [0.15, 0.2) is 36.4 Å². The lowest BCUT2D eigenvalue weighted by Crippen LogP contribution is -2.28. The van der Waals surface area contributed by atoms with Crippen molar-refractivity contribution in [3.63, 3.8) is 0 Å². The van der Waals surface area contributed by atoms with E-state index in [1.807, 2.05) is 0 Å². The van der Waals surface area contributed by atoms with Crippen molar-refractivity contribution < 1.29 is 18.7 Å². The van der Waals surface area contributed by atoms with Crippen molar-refractivity contribution >= 4 is 34.7 Å². The number of Topliss-reactive ketones (excluding diaryl/α,β-unsaturated/α-hetero) is 1. The highest BCUT2D eigenvalue weighted by molar-refractivity contribution is 6.06. The van der Waals surface area contributed by atoms with Gasteiger partial charge in [0.1, 0.15) is 17.3 Å². The van der Waals surface area contributed by atoms with Crippen LogP contribution < -0.4 is 10.1 Å². The van der Waals surface area contributed by atoms with Crippen LogP contribution in [0.4, 0.5) is 4.39 Å². The molecule has 0 spiro atoms. The Morgan fingerprint density at radius 1 is 1.19 bits per heavy atom. The molecular formula is C20H18FN3O3. The van der Waals surface area contributed by atoms with Crippen LogP contribution >= 0.6 is 0 Å². The number of rotatable bonds is 6. The van der Waals surface area contributed by atoms with E-state index in [-0.39, 0.29) is 18.1 Å². The number of hydrogen-bond acceptors (Lipinski definition) is 4. The molecule has 0 saturated carbocycles. The van der Waals surface area contributed by atoms with Gasteiger partial charge in [-0.25, -0.2) is 4.39 Å². The summed E-state index contributed by atoms with van der Waals surface area (Å²) in [4.78, 5) is 23.5. The van der Waals surface area contributed by atoms with Crippen molar-refractivity contribution in [2.75, 3.05) is 13.7 Å². The van der Waals surface area contributed by atoms with E-state index in [0.29, 0.717) is 27.9 Å². The molecule has 0 aliphatic heterocycles. The minimum atomic E-state index is -0.404. The van der Waals surface area contributed by atoms with E-state index < -0.39 is 5.91 Å². The predicted molar refractivity (Wildman–Crippen MR) is 101 cm³/mol. The van der Waals surface area contributed by atoms with Crippen LogP contribution in [-0.4, -0.2) is 35.5 Å². The van der Waals surface area contributed by atoms with Crippen LogP contribution in [0.3, 0.4) is 0 Å². The largest absolute Gasteiger partial charge is 0.495 e. The molecule has 138 valence electrons. The number of ether oxygens (including phenoxy) is 1. The van der Waals surface area contributed by atoms with Gasteiger partial charge in [-0.2, -0.15) is 5.10 Å². The van der Waals surface area contributed by atoms with E-state index in [1.165, 1.54) is 26.2 Å². The number of methoxy groups -OCH3 is 1. The standard InChI is InChI=1S/C20H18FN3O3/c1-12(25)11-22-20(26)15-8-10-17-18(19(15)27-2)16(23-24-17)9-5-13-3-6-14(21)7-4-13/h3-10H,11H2,1-2H3,(H,22,26)(H,23,24). The first-order valence-electron chi connectivity index (χ1n) is 8.26. The van der Waals surface area contributed by atoms with Gasteiger partial charge in [-0.3, -0.25) is 14.7 Å². The normalized spacial score (nSPS) is 11.1. The van der Waals surface area contributed by atoms with Crippen molar-refractivity contribution in [2.45, 2.75) is 6.92 Å². The van der Waals surface area contributed by atoms with Gasteiger partial charge >= 0.3 is 0 Å². The van der Waals surface area contributed by atoms with Crippen LogP contribution in [0, 0.1) is 5.82 Å². The number of nitrogens with zero attached hydrogens (tertiary/aromatic N) is 1. The second-order valence-electron chi connectivity index (χ2n) is 5.95. The molecular weight excluding hydrogens is 349 g/mol. The van der Waals surface area contributed by atoms with Gasteiger partial charge in [0, 0.05) is 0 Å². The number of ketones is 1. The Morgan fingerprint density at radius 2 is 1.93 bits per heavy atom. The van der Waals surface area contributed by atoms with E-state index in [4.69, 9.17) is 4.74 Å². The number of nitrogens with one attached hydrogen (secondary N) is 2. The Morgan fingerprint density at radius 3 is 2.59 bits per heavy atom. The second-order valence-corrected chi connectivity index (χ2v) is 5.95. The Bertz CT molecular complexity index is 1020. The molecule has 3 rings (SSSR count). The number of halogens is 1. The van der Waals surface area contributed by atoms with Gasteiger partial charge in [0.05, 0.1) is 35.8 Å². The fourth-order valence-corrected chi connectivity index (χ4v) is 2.67. The van der Waals surface area contributed by atoms with Crippen molar-refractivity contribution in [1.29, 1.82) is 0 Å². The molecule has 6 nitrogen and oxygen atoms in total. The first kappa shape index (κ1) is 18.3. The number of aromatic amines is 1. The number of fused-ring (bicyclic) bond motifs is 1. The van der Waals surface area contributed by atoms with Crippen LogP contribution in [0.1, 0.15) is 28.5 Å². The highest BCUT2D eigenvalue weighted by Crippen LogP contribution is 2.32. The maximum absolute atomic E-state index is 13.0. The van der Waals surface area contributed by atoms with Gasteiger partial charge in [-0.05, 0) is 42.8 Å². The lowest BCUT2D eigenvalue weighted by molar-refractivity contribution is -0.116. The molecule has 3 aromatic rings. The molecule has 1 aromatic heterocycles. The monoisotopic (exact) mass is 367 g/mol. The highest BCUT2D eigenvalue weighted by atomic mass is 19.1. The molecule has 0 radical (unpaired) electrons. The molecule has 27 heavy (non-hydrogen) atoms. The van der Waals surface area contributed by atoms with Gasteiger partial charge in [-0.1, -0.05) is 18.2 Å². The van der Waals surface area contributed by atoms with Gasteiger partial charge in [-0.15, -0.1) is 0 Å². The number of carbonyl (C=O) groups is 2. The smallest absolute Gasteiger partial charge is 0.255 e. The van der Waals surface area contributed by atoms with Gasteiger partial charge in [0.2, 0.25) is 0 Å². The highest BCUT2D eigenvalue weighted by Gasteiger charge is 2.18. The summed E-state index contributed by atoms with van der Waals surface area (Å²) in [5, 5.41) is 10.4. The molecule has 0 aliphatic carbocycles. The average molecular weight is 367 g/mol. The van der Waals surface area contributed by atoms with Gasteiger partial charge in [0.25, 0.3) is 5.91 Å². The van der Waals surface area contributed by atoms with E-state index in [0.717, 1.165) is 5.56 Å². The quantitative estimate of drug-likeness (QED) is 0.701. The molecule has 2 aromatic carbocycles. The van der Waals surface area contributed by atoms with Crippen LogP contribution in [-0.2, 0) is 4.79 Å².